The Kier molecular flexibility index (Phi) is 7.70. The van der Waals surface area contributed by atoms with Crippen molar-refractivity contribution in [1.82, 2.24) is 5.32 Å². The molecule has 1 heterocycles. The number of ether oxygens (including phenoxy) is 2. The standard InChI is InChI=1S/C29H32N2O4/c1-20(2)13-29(33)31(18-22-9-7-21(3)8-10-22)25-6-4-5-23(14-25)16-28(32)30-17-24-11-12-26-27(15-24)35-19-34-26/h4-12,14-15,20H,13,16-19H2,1-3H3,(H,30,32). The molecule has 0 aliphatic carbocycles. The molecule has 0 radical (unpaired) electrons. The third kappa shape index (κ3) is 6.63. The minimum absolute atomic E-state index is 0.0741. The van der Waals surface area contributed by atoms with Crippen molar-refractivity contribution >= 4 is 17.5 Å². The Bertz CT molecular complexity index is 1190. The molecular weight excluding hydrogens is 440 g/mol. The van der Waals surface area contributed by atoms with Crippen molar-refractivity contribution in [3.8, 4) is 11.5 Å². The number of carbonyl (C=O) groups excluding carboxylic acids is 2. The number of nitrogens with one attached hydrogen (secondary N) is 1. The molecule has 0 saturated carbocycles. The molecule has 0 spiro atoms. The van der Waals surface area contributed by atoms with E-state index in [2.05, 4.69) is 29.6 Å². The molecule has 0 bridgehead atoms. The second-order valence-corrected chi connectivity index (χ2v) is 9.37. The Morgan fingerprint density at radius 1 is 0.914 bits per heavy atom. The van der Waals surface area contributed by atoms with Gasteiger partial charge < -0.3 is 19.7 Å². The molecule has 3 aromatic rings. The fourth-order valence-electron chi connectivity index (χ4n) is 3.99. The van der Waals surface area contributed by atoms with Crippen molar-refractivity contribution in [3.05, 3.63) is 89.0 Å². The van der Waals surface area contributed by atoms with Crippen LogP contribution >= 0.6 is 0 Å². The number of fused-ring (bicyclic) bond motifs is 1. The average Bonchev–Trinajstić information content (AvgIpc) is 3.30. The second-order valence-electron chi connectivity index (χ2n) is 9.37. The Hall–Kier alpha value is -3.80. The summed E-state index contributed by atoms with van der Waals surface area (Å²) < 4.78 is 10.7. The molecule has 0 fully saturated rings. The van der Waals surface area contributed by atoms with Gasteiger partial charge in [0.05, 0.1) is 13.0 Å². The summed E-state index contributed by atoms with van der Waals surface area (Å²) in [6, 6.07) is 21.6. The molecule has 0 unspecified atom stereocenters. The lowest BCUT2D eigenvalue weighted by Gasteiger charge is -2.25. The first-order valence-corrected chi connectivity index (χ1v) is 12.0. The van der Waals surface area contributed by atoms with Crippen LogP contribution in [0.2, 0.25) is 0 Å². The van der Waals surface area contributed by atoms with Crippen LogP contribution in [-0.2, 0) is 29.1 Å². The van der Waals surface area contributed by atoms with Gasteiger partial charge in [-0.15, -0.1) is 0 Å². The summed E-state index contributed by atoms with van der Waals surface area (Å²) in [5, 5.41) is 2.97. The number of hydrogen-bond donors (Lipinski definition) is 1. The second kappa shape index (κ2) is 11.1. The molecule has 1 aliphatic rings. The van der Waals surface area contributed by atoms with Gasteiger partial charge in [-0.2, -0.15) is 0 Å². The van der Waals surface area contributed by atoms with E-state index in [-0.39, 0.29) is 30.9 Å². The van der Waals surface area contributed by atoms with E-state index in [4.69, 9.17) is 9.47 Å². The van der Waals surface area contributed by atoms with Gasteiger partial charge in [0.1, 0.15) is 0 Å². The zero-order valence-electron chi connectivity index (χ0n) is 20.5. The molecule has 182 valence electrons. The molecule has 35 heavy (non-hydrogen) atoms. The molecule has 3 aromatic carbocycles. The van der Waals surface area contributed by atoms with Crippen LogP contribution in [-0.4, -0.2) is 18.6 Å². The third-order valence-corrected chi connectivity index (χ3v) is 5.86. The molecule has 6 heteroatoms. The van der Waals surface area contributed by atoms with Crippen LogP contribution in [0.5, 0.6) is 11.5 Å². The molecule has 1 N–H and O–H groups in total. The van der Waals surface area contributed by atoms with E-state index in [1.807, 2.05) is 68.1 Å². The number of rotatable bonds is 9. The van der Waals surface area contributed by atoms with Crippen molar-refractivity contribution in [2.24, 2.45) is 5.92 Å². The fraction of sp³-hybridized carbons (Fsp3) is 0.310. The average molecular weight is 473 g/mol. The Morgan fingerprint density at radius 3 is 2.43 bits per heavy atom. The SMILES string of the molecule is Cc1ccc(CN(C(=O)CC(C)C)c2cccc(CC(=O)NCc3ccc4c(c3)OCO4)c2)cc1. The largest absolute Gasteiger partial charge is 0.454 e. The Labute approximate surface area is 206 Å². The van der Waals surface area contributed by atoms with E-state index in [1.54, 1.807) is 0 Å². The van der Waals surface area contributed by atoms with Gasteiger partial charge >= 0.3 is 0 Å². The quantitative estimate of drug-likeness (QED) is 0.467. The molecule has 6 nitrogen and oxygen atoms in total. The summed E-state index contributed by atoms with van der Waals surface area (Å²) in [6.45, 7) is 7.26. The molecule has 2 amide bonds. The highest BCUT2D eigenvalue weighted by molar-refractivity contribution is 5.93. The van der Waals surface area contributed by atoms with Crippen LogP contribution in [0.25, 0.3) is 0 Å². The summed E-state index contributed by atoms with van der Waals surface area (Å²) in [5.41, 5.74) is 4.86. The van der Waals surface area contributed by atoms with Crippen LogP contribution in [0.3, 0.4) is 0 Å². The van der Waals surface area contributed by atoms with Crippen LogP contribution in [0, 0.1) is 12.8 Å². The molecular formula is C29H32N2O4. The van der Waals surface area contributed by atoms with E-state index in [1.165, 1.54) is 5.56 Å². The number of anilines is 1. The third-order valence-electron chi connectivity index (χ3n) is 5.86. The van der Waals surface area contributed by atoms with Crippen molar-refractivity contribution in [1.29, 1.82) is 0 Å². The van der Waals surface area contributed by atoms with Crippen molar-refractivity contribution in [3.63, 3.8) is 0 Å². The van der Waals surface area contributed by atoms with Crippen LogP contribution in [0.4, 0.5) is 5.69 Å². The van der Waals surface area contributed by atoms with Crippen LogP contribution in [0.1, 0.15) is 42.5 Å². The van der Waals surface area contributed by atoms with Crippen LogP contribution < -0.4 is 19.7 Å². The smallest absolute Gasteiger partial charge is 0.231 e. The summed E-state index contributed by atoms with van der Waals surface area (Å²) in [7, 11) is 0. The maximum Gasteiger partial charge on any atom is 0.231 e. The predicted octanol–water partition coefficient (Wildman–Crippen LogP) is 5.16. The topological polar surface area (TPSA) is 67.9 Å². The first-order valence-electron chi connectivity index (χ1n) is 12.0. The maximum absolute atomic E-state index is 13.1. The Balaban J connectivity index is 1.43. The van der Waals surface area contributed by atoms with E-state index in [9.17, 15) is 9.59 Å². The summed E-state index contributed by atoms with van der Waals surface area (Å²) in [6.07, 6.45) is 0.696. The molecule has 1 aliphatic heterocycles. The highest BCUT2D eigenvalue weighted by atomic mass is 16.7. The van der Waals surface area contributed by atoms with Gasteiger partial charge in [-0.25, -0.2) is 0 Å². The lowest BCUT2D eigenvalue weighted by atomic mass is 10.1. The van der Waals surface area contributed by atoms with Gasteiger partial charge in [0.2, 0.25) is 18.6 Å². The monoisotopic (exact) mass is 472 g/mol. The summed E-state index contributed by atoms with van der Waals surface area (Å²) >= 11 is 0. The first kappa shape index (κ1) is 24.3. The number of benzene rings is 3. The highest BCUT2D eigenvalue weighted by Gasteiger charge is 2.19. The first-order chi connectivity index (χ1) is 16.9. The minimum Gasteiger partial charge on any atom is -0.454 e. The van der Waals surface area contributed by atoms with E-state index in [0.29, 0.717) is 25.3 Å². The zero-order valence-corrected chi connectivity index (χ0v) is 20.5. The van der Waals surface area contributed by atoms with Gasteiger partial charge in [-0.05, 0) is 53.8 Å². The van der Waals surface area contributed by atoms with E-state index < -0.39 is 0 Å². The number of nitrogens with zero attached hydrogens (tertiary/aromatic N) is 1. The summed E-state index contributed by atoms with van der Waals surface area (Å²) in [5.74, 6) is 1.67. The van der Waals surface area contributed by atoms with Crippen molar-refractivity contribution in [2.45, 2.75) is 46.7 Å². The summed E-state index contributed by atoms with van der Waals surface area (Å²) in [4.78, 5) is 27.6. The van der Waals surface area contributed by atoms with Crippen molar-refractivity contribution < 1.29 is 19.1 Å². The number of aryl methyl sites for hydroxylation is 1. The molecule has 0 saturated heterocycles. The van der Waals surface area contributed by atoms with Gasteiger partial charge in [0.25, 0.3) is 0 Å². The van der Waals surface area contributed by atoms with Gasteiger partial charge in [-0.3, -0.25) is 9.59 Å². The molecule has 0 atom stereocenters. The lowest BCUT2D eigenvalue weighted by Crippen LogP contribution is -2.31. The Morgan fingerprint density at radius 2 is 1.66 bits per heavy atom. The zero-order chi connectivity index (χ0) is 24.8. The lowest BCUT2D eigenvalue weighted by molar-refractivity contribution is -0.120. The highest BCUT2D eigenvalue weighted by Crippen LogP contribution is 2.32. The van der Waals surface area contributed by atoms with Crippen LogP contribution in [0.15, 0.2) is 66.7 Å². The molecule has 4 rings (SSSR count). The van der Waals surface area contributed by atoms with Gasteiger partial charge in [-0.1, -0.05) is 61.9 Å². The normalized spacial score (nSPS) is 12.0. The minimum atomic E-state index is -0.0848. The number of carbonyl (C=O) groups is 2. The maximum atomic E-state index is 13.1. The van der Waals surface area contributed by atoms with E-state index in [0.717, 1.165) is 28.1 Å². The number of amides is 2. The number of hydrogen-bond acceptors (Lipinski definition) is 4. The van der Waals surface area contributed by atoms with Crippen molar-refractivity contribution in [2.75, 3.05) is 11.7 Å². The predicted molar refractivity (Wildman–Crippen MR) is 136 cm³/mol. The van der Waals surface area contributed by atoms with Gasteiger partial charge in [0.15, 0.2) is 11.5 Å². The fourth-order valence-corrected chi connectivity index (χ4v) is 3.99. The van der Waals surface area contributed by atoms with E-state index >= 15 is 0 Å². The molecule has 0 aromatic heterocycles. The van der Waals surface area contributed by atoms with Gasteiger partial charge in [0, 0.05) is 18.7 Å².